The Hall–Kier alpha value is -1.62. The van der Waals surface area contributed by atoms with Gasteiger partial charge in [0.1, 0.15) is 15.6 Å². The van der Waals surface area contributed by atoms with E-state index < -0.39 is 0 Å². The molecule has 0 fully saturated rings. The van der Waals surface area contributed by atoms with Crippen LogP contribution < -0.4 is 4.74 Å². The van der Waals surface area contributed by atoms with Crippen molar-refractivity contribution in [2.24, 2.45) is 0 Å². The normalized spacial score (nSPS) is 15.0. The van der Waals surface area contributed by atoms with E-state index in [0.29, 0.717) is 0 Å². The number of hydrogen-bond donors (Lipinski definition) is 1. The zero-order valence-electron chi connectivity index (χ0n) is 14.1. The molecule has 0 saturated heterocycles. The molecule has 0 radical (unpaired) electrons. The summed E-state index contributed by atoms with van der Waals surface area (Å²) in [6.45, 7) is 0.275. The molecular weight excluding hydrogens is 456 g/mol. The first kappa shape index (κ1) is 17.8. The van der Waals surface area contributed by atoms with E-state index in [1.807, 2.05) is 12.1 Å². The van der Waals surface area contributed by atoms with Crippen molar-refractivity contribution in [2.45, 2.75) is 9.65 Å². The van der Waals surface area contributed by atoms with Crippen molar-refractivity contribution < 1.29 is 9.84 Å². The minimum atomic E-state index is -0.194. The minimum Gasteiger partial charge on any atom is -0.491 e. The Bertz CT molecular complexity index is 993. The highest BCUT2D eigenvalue weighted by Crippen LogP contribution is 2.44. The molecule has 132 valence electrons. The molecule has 3 aromatic carbocycles. The number of alkyl halides is 2. The van der Waals surface area contributed by atoms with Crippen LogP contribution in [0.5, 0.6) is 5.75 Å². The van der Waals surface area contributed by atoms with Gasteiger partial charge < -0.3 is 9.84 Å². The molecule has 4 heteroatoms. The highest BCUT2D eigenvalue weighted by atomic mass is 79.9. The van der Waals surface area contributed by atoms with Gasteiger partial charge in [-0.25, -0.2) is 0 Å². The van der Waals surface area contributed by atoms with Gasteiger partial charge in [-0.1, -0.05) is 92.5 Å². The topological polar surface area (TPSA) is 29.5 Å². The fourth-order valence-corrected chi connectivity index (χ4v) is 4.37. The number of hydrogen-bond acceptors (Lipinski definition) is 2. The Morgan fingerprint density at radius 3 is 2.69 bits per heavy atom. The summed E-state index contributed by atoms with van der Waals surface area (Å²) in [5.41, 5.74) is 4.72. The Morgan fingerprint density at radius 2 is 1.85 bits per heavy atom. The maximum atomic E-state index is 9.21. The molecule has 0 aromatic heterocycles. The second-order valence-corrected chi connectivity index (χ2v) is 10.3. The lowest BCUT2D eigenvalue weighted by Crippen LogP contribution is -2.16. The number of halogens is 2. The summed E-state index contributed by atoms with van der Waals surface area (Å²) in [6.07, 6.45) is 5.16. The van der Waals surface area contributed by atoms with Gasteiger partial charge in [0, 0.05) is 12.0 Å². The fraction of sp³-hybridized carbons (Fsp3) is 0.182. The van der Waals surface area contributed by atoms with Crippen LogP contribution >= 0.6 is 31.9 Å². The lowest BCUT2D eigenvalue weighted by molar-refractivity contribution is 0.202. The third kappa shape index (κ3) is 3.34. The van der Waals surface area contributed by atoms with Crippen LogP contribution in [0.1, 0.15) is 11.1 Å². The van der Waals surface area contributed by atoms with Crippen LogP contribution in [0.25, 0.3) is 28.0 Å². The quantitative estimate of drug-likeness (QED) is 0.475. The third-order valence-electron chi connectivity index (χ3n) is 4.63. The first-order valence-corrected chi connectivity index (χ1v) is 10.1. The first-order chi connectivity index (χ1) is 12.6. The number of benzene rings is 3. The van der Waals surface area contributed by atoms with Crippen LogP contribution in [0.2, 0.25) is 0 Å². The van der Waals surface area contributed by atoms with E-state index in [4.69, 9.17) is 4.74 Å². The highest BCUT2D eigenvalue weighted by molar-refractivity contribution is 9.25. The second-order valence-electron chi connectivity index (χ2n) is 6.38. The second kappa shape index (κ2) is 7.18. The average Bonchev–Trinajstić information content (AvgIpc) is 2.64. The van der Waals surface area contributed by atoms with Crippen molar-refractivity contribution in [1.82, 2.24) is 0 Å². The van der Waals surface area contributed by atoms with Crippen LogP contribution in [0.3, 0.4) is 0 Å². The summed E-state index contributed by atoms with van der Waals surface area (Å²) in [5, 5.41) is 11.5. The van der Waals surface area contributed by atoms with Gasteiger partial charge in [0.05, 0.1) is 6.61 Å². The Morgan fingerprint density at radius 1 is 1.00 bits per heavy atom. The molecule has 1 aliphatic carbocycles. The van der Waals surface area contributed by atoms with Crippen molar-refractivity contribution >= 4 is 48.7 Å². The summed E-state index contributed by atoms with van der Waals surface area (Å²) in [6, 6.07) is 18.8. The molecule has 2 nitrogen and oxygen atoms in total. The van der Waals surface area contributed by atoms with Crippen molar-refractivity contribution in [3.63, 3.8) is 0 Å². The summed E-state index contributed by atoms with van der Waals surface area (Å²) in [7, 11) is 0. The molecular formula is C22H18Br2O2. The van der Waals surface area contributed by atoms with E-state index in [0.717, 1.165) is 28.7 Å². The SMILES string of the molecule is OCCOc1ccc2ccccc2c1-c1cccc2c1C=CC(Br)(Br)C2. The Balaban J connectivity index is 1.97. The molecule has 4 rings (SSSR count). The summed E-state index contributed by atoms with van der Waals surface area (Å²) in [5.74, 6) is 0.800. The fourth-order valence-electron chi connectivity index (χ4n) is 3.51. The van der Waals surface area contributed by atoms with E-state index in [1.165, 1.54) is 16.5 Å². The van der Waals surface area contributed by atoms with E-state index >= 15 is 0 Å². The van der Waals surface area contributed by atoms with Crippen LogP contribution in [-0.2, 0) is 6.42 Å². The molecule has 0 atom stereocenters. The van der Waals surface area contributed by atoms with Gasteiger partial charge in [-0.05, 0) is 33.5 Å². The van der Waals surface area contributed by atoms with Gasteiger partial charge in [-0.3, -0.25) is 0 Å². The molecule has 0 unspecified atom stereocenters. The summed E-state index contributed by atoms with van der Waals surface area (Å²) in [4.78, 5) is 0. The maximum Gasteiger partial charge on any atom is 0.127 e. The first-order valence-electron chi connectivity index (χ1n) is 8.54. The molecule has 0 spiro atoms. The molecule has 0 heterocycles. The van der Waals surface area contributed by atoms with Crippen molar-refractivity contribution in [3.05, 3.63) is 71.8 Å². The van der Waals surface area contributed by atoms with E-state index in [2.05, 4.69) is 86.5 Å². The number of allylic oxidation sites excluding steroid dienone is 1. The Kier molecular flexibility index (Phi) is 4.91. The van der Waals surface area contributed by atoms with Crippen LogP contribution in [-0.4, -0.2) is 21.6 Å². The maximum absolute atomic E-state index is 9.21. The number of rotatable bonds is 4. The van der Waals surface area contributed by atoms with Crippen LogP contribution in [0.4, 0.5) is 0 Å². The zero-order chi connectivity index (χ0) is 18.1. The third-order valence-corrected chi connectivity index (χ3v) is 5.71. The number of fused-ring (bicyclic) bond motifs is 2. The summed E-state index contributed by atoms with van der Waals surface area (Å²) < 4.78 is 5.69. The minimum absolute atomic E-state index is 0.00520. The standard InChI is InChI=1S/C22H18Br2O2/c23-22(24)11-10-17-16(14-22)5-3-7-19(17)21-18-6-2-1-4-15(18)8-9-20(21)26-13-12-25/h1-11,25H,12-14H2. The van der Waals surface area contributed by atoms with E-state index in [9.17, 15) is 5.11 Å². The average molecular weight is 474 g/mol. The highest BCUT2D eigenvalue weighted by Gasteiger charge is 2.26. The molecule has 0 bridgehead atoms. The van der Waals surface area contributed by atoms with Crippen molar-refractivity contribution in [1.29, 1.82) is 0 Å². The van der Waals surface area contributed by atoms with Gasteiger partial charge in [-0.15, -0.1) is 0 Å². The smallest absolute Gasteiger partial charge is 0.127 e. The lowest BCUT2D eigenvalue weighted by atomic mass is 9.87. The zero-order valence-corrected chi connectivity index (χ0v) is 17.3. The van der Waals surface area contributed by atoms with Crippen LogP contribution in [0.15, 0.2) is 60.7 Å². The van der Waals surface area contributed by atoms with E-state index in [1.54, 1.807) is 0 Å². The van der Waals surface area contributed by atoms with Gasteiger partial charge in [0.15, 0.2) is 0 Å². The van der Waals surface area contributed by atoms with E-state index in [-0.39, 0.29) is 16.4 Å². The predicted octanol–water partition coefficient (Wildman–Crippen LogP) is 5.93. The van der Waals surface area contributed by atoms with Crippen LogP contribution in [0, 0.1) is 0 Å². The van der Waals surface area contributed by atoms with Gasteiger partial charge >= 0.3 is 0 Å². The van der Waals surface area contributed by atoms with Crippen molar-refractivity contribution in [3.8, 4) is 16.9 Å². The molecule has 0 amide bonds. The largest absolute Gasteiger partial charge is 0.491 e. The Labute approximate surface area is 169 Å². The van der Waals surface area contributed by atoms with Crippen molar-refractivity contribution in [2.75, 3.05) is 13.2 Å². The summed E-state index contributed by atoms with van der Waals surface area (Å²) >= 11 is 7.42. The lowest BCUT2D eigenvalue weighted by Gasteiger charge is -2.25. The molecule has 26 heavy (non-hydrogen) atoms. The molecule has 3 aromatic rings. The monoisotopic (exact) mass is 472 g/mol. The number of ether oxygens (including phenoxy) is 1. The molecule has 1 N–H and O–H groups in total. The van der Waals surface area contributed by atoms with Gasteiger partial charge in [0.2, 0.25) is 0 Å². The molecule has 1 aliphatic rings. The van der Waals surface area contributed by atoms with Gasteiger partial charge in [-0.2, -0.15) is 0 Å². The number of aliphatic hydroxyl groups is 1. The predicted molar refractivity (Wildman–Crippen MR) is 115 cm³/mol. The number of aliphatic hydroxyl groups excluding tert-OH is 1. The van der Waals surface area contributed by atoms with Gasteiger partial charge in [0.25, 0.3) is 0 Å². The molecule has 0 aliphatic heterocycles. The molecule has 0 saturated carbocycles.